The molecule has 0 fully saturated rings. The van der Waals surface area contributed by atoms with Gasteiger partial charge >= 0.3 is 0 Å². The predicted octanol–water partition coefficient (Wildman–Crippen LogP) is 1.47. The van der Waals surface area contributed by atoms with Crippen LogP contribution in [0.5, 0.6) is 0 Å². The number of aliphatic hydroxyl groups is 1. The Kier molecular flexibility index (Phi) is 5.47. The molecule has 0 bridgehead atoms. The molecule has 0 saturated carbocycles. The highest BCUT2D eigenvalue weighted by atomic mass is 32.1. The van der Waals surface area contributed by atoms with E-state index in [-0.39, 0.29) is 23.5 Å². The predicted molar refractivity (Wildman–Crippen MR) is 70.3 cm³/mol. The number of rotatable bonds is 6. The van der Waals surface area contributed by atoms with Crippen LogP contribution in [0.25, 0.3) is 0 Å². The zero-order chi connectivity index (χ0) is 12.8. The highest BCUT2D eigenvalue weighted by Crippen LogP contribution is 2.21. The summed E-state index contributed by atoms with van der Waals surface area (Å²) in [5.41, 5.74) is 6.43. The standard InChI is InChI=1S/C12H17FN2OS/c1-2-15(6-7-16)11(12(14)17)9-4-3-5-10(13)8-9/h3-5,8,11,16H,2,6-7H2,1H3,(H2,14,17). The molecule has 0 spiro atoms. The van der Waals surface area contributed by atoms with E-state index in [0.717, 1.165) is 0 Å². The van der Waals surface area contributed by atoms with Gasteiger partial charge in [0.05, 0.1) is 17.6 Å². The molecule has 0 radical (unpaired) electrons. The van der Waals surface area contributed by atoms with E-state index in [1.807, 2.05) is 11.8 Å². The fraction of sp³-hybridized carbons (Fsp3) is 0.417. The Morgan fingerprint density at radius 3 is 2.76 bits per heavy atom. The zero-order valence-electron chi connectivity index (χ0n) is 9.77. The SMILES string of the molecule is CCN(CCO)C(C(N)=S)c1cccc(F)c1. The Labute approximate surface area is 106 Å². The highest BCUT2D eigenvalue weighted by molar-refractivity contribution is 7.80. The van der Waals surface area contributed by atoms with Gasteiger partial charge in [0.2, 0.25) is 0 Å². The topological polar surface area (TPSA) is 49.5 Å². The van der Waals surface area contributed by atoms with Crippen LogP contribution < -0.4 is 5.73 Å². The number of hydrogen-bond acceptors (Lipinski definition) is 3. The molecule has 94 valence electrons. The number of nitrogens with two attached hydrogens (primary N) is 1. The Morgan fingerprint density at radius 2 is 2.29 bits per heavy atom. The summed E-state index contributed by atoms with van der Waals surface area (Å²) in [4.78, 5) is 2.20. The molecule has 0 saturated heterocycles. The van der Waals surface area contributed by atoms with Crippen LogP contribution in [-0.4, -0.2) is 34.7 Å². The van der Waals surface area contributed by atoms with Crippen LogP contribution in [0.15, 0.2) is 24.3 Å². The van der Waals surface area contributed by atoms with E-state index >= 15 is 0 Å². The summed E-state index contributed by atoms with van der Waals surface area (Å²) in [7, 11) is 0. The molecular formula is C12H17FN2OS. The molecule has 17 heavy (non-hydrogen) atoms. The van der Waals surface area contributed by atoms with Crippen molar-refractivity contribution in [2.45, 2.75) is 13.0 Å². The van der Waals surface area contributed by atoms with Crippen molar-refractivity contribution in [2.75, 3.05) is 19.7 Å². The smallest absolute Gasteiger partial charge is 0.123 e. The van der Waals surface area contributed by atoms with Crippen LogP contribution in [-0.2, 0) is 0 Å². The number of likely N-dealkylation sites (N-methyl/N-ethyl adjacent to an activating group) is 1. The lowest BCUT2D eigenvalue weighted by atomic mass is 10.1. The lowest BCUT2D eigenvalue weighted by Gasteiger charge is -2.29. The first-order valence-corrected chi connectivity index (χ1v) is 5.90. The lowest BCUT2D eigenvalue weighted by molar-refractivity contribution is 0.185. The van der Waals surface area contributed by atoms with Crippen molar-refractivity contribution in [3.05, 3.63) is 35.6 Å². The van der Waals surface area contributed by atoms with Gasteiger partial charge in [-0.2, -0.15) is 0 Å². The van der Waals surface area contributed by atoms with Crippen molar-refractivity contribution < 1.29 is 9.50 Å². The van der Waals surface area contributed by atoms with Gasteiger partial charge in [0, 0.05) is 6.54 Å². The molecule has 0 aliphatic rings. The summed E-state index contributed by atoms with van der Waals surface area (Å²) in [5, 5.41) is 9.00. The number of nitrogens with zero attached hydrogens (tertiary/aromatic N) is 1. The lowest BCUT2D eigenvalue weighted by Crippen LogP contribution is -2.38. The van der Waals surface area contributed by atoms with Crippen molar-refractivity contribution in [3.8, 4) is 0 Å². The second-order valence-electron chi connectivity index (χ2n) is 3.71. The Morgan fingerprint density at radius 1 is 1.59 bits per heavy atom. The first kappa shape index (κ1) is 14.0. The summed E-state index contributed by atoms with van der Waals surface area (Å²) < 4.78 is 13.2. The first-order chi connectivity index (χ1) is 8.10. The minimum Gasteiger partial charge on any atom is -0.395 e. The third-order valence-corrected chi connectivity index (χ3v) is 2.82. The molecule has 1 aromatic carbocycles. The number of hydrogen-bond donors (Lipinski definition) is 2. The molecule has 0 aromatic heterocycles. The molecule has 3 N–H and O–H groups in total. The van der Waals surface area contributed by atoms with Gasteiger partial charge in [-0.15, -0.1) is 0 Å². The minimum atomic E-state index is -0.335. The fourth-order valence-electron chi connectivity index (χ4n) is 1.83. The summed E-state index contributed by atoms with van der Waals surface area (Å²) >= 11 is 5.03. The second kappa shape index (κ2) is 6.64. The van der Waals surface area contributed by atoms with Crippen LogP contribution in [0.2, 0.25) is 0 Å². The van der Waals surface area contributed by atoms with Gasteiger partial charge < -0.3 is 10.8 Å². The molecule has 0 heterocycles. The van der Waals surface area contributed by atoms with Gasteiger partial charge in [-0.1, -0.05) is 31.3 Å². The van der Waals surface area contributed by atoms with Crippen LogP contribution in [0.1, 0.15) is 18.5 Å². The van der Waals surface area contributed by atoms with Gasteiger partial charge in [0.25, 0.3) is 0 Å². The Bertz CT molecular complexity index is 387. The minimum absolute atomic E-state index is 0.0161. The average Bonchev–Trinajstić information content (AvgIpc) is 2.28. The van der Waals surface area contributed by atoms with Crippen LogP contribution >= 0.6 is 12.2 Å². The number of thiocarbonyl (C=S) groups is 1. The van der Waals surface area contributed by atoms with E-state index in [2.05, 4.69) is 0 Å². The Balaban J connectivity index is 3.03. The molecule has 1 aromatic rings. The van der Waals surface area contributed by atoms with E-state index in [0.29, 0.717) is 18.7 Å². The normalized spacial score (nSPS) is 12.7. The van der Waals surface area contributed by atoms with Crippen molar-refractivity contribution in [3.63, 3.8) is 0 Å². The highest BCUT2D eigenvalue weighted by Gasteiger charge is 2.21. The van der Waals surface area contributed by atoms with Crippen molar-refractivity contribution in [1.29, 1.82) is 0 Å². The summed E-state index contributed by atoms with van der Waals surface area (Å²) in [6.07, 6.45) is 0. The molecule has 0 aliphatic heterocycles. The summed E-state index contributed by atoms with van der Waals surface area (Å²) in [5.74, 6) is -0.316. The van der Waals surface area contributed by atoms with Crippen LogP contribution in [0.4, 0.5) is 4.39 Å². The van der Waals surface area contributed by atoms with Crippen molar-refractivity contribution >= 4 is 17.2 Å². The molecule has 0 aliphatic carbocycles. The van der Waals surface area contributed by atoms with E-state index < -0.39 is 0 Å². The third kappa shape index (κ3) is 3.73. The molecule has 5 heteroatoms. The van der Waals surface area contributed by atoms with Gasteiger partial charge in [-0.25, -0.2) is 4.39 Å². The maximum absolute atomic E-state index is 13.2. The molecule has 1 unspecified atom stereocenters. The number of aliphatic hydroxyl groups excluding tert-OH is 1. The zero-order valence-corrected chi connectivity index (χ0v) is 10.6. The van der Waals surface area contributed by atoms with Gasteiger partial charge in [-0.05, 0) is 24.2 Å². The number of halogens is 1. The largest absolute Gasteiger partial charge is 0.395 e. The van der Waals surface area contributed by atoms with E-state index in [1.54, 1.807) is 12.1 Å². The van der Waals surface area contributed by atoms with Crippen molar-refractivity contribution in [1.82, 2.24) is 4.90 Å². The molecule has 1 rings (SSSR count). The van der Waals surface area contributed by atoms with Crippen LogP contribution in [0.3, 0.4) is 0 Å². The first-order valence-electron chi connectivity index (χ1n) is 5.49. The molecule has 3 nitrogen and oxygen atoms in total. The third-order valence-electron chi connectivity index (χ3n) is 2.59. The summed E-state index contributed by atoms with van der Waals surface area (Å²) in [6.45, 7) is 3.09. The van der Waals surface area contributed by atoms with E-state index in [4.69, 9.17) is 23.1 Å². The maximum atomic E-state index is 13.2. The van der Waals surface area contributed by atoms with E-state index in [9.17, 15) is 4.39 Å². The van der Waals surface area contributed by atoms with Crippen LogP contribution in [0, 0.1) is 5.82 Å². The molecular weight excluding hydrogens is 239 g/mol. The monoisotopic (exact) mass is 256 g/mol. The van der Waals surface area contributed by atoms with Gasteiger partial charge in [0.1, 0.15) is 5.82 Å². The quantitative estimate of drug-likeness (QED) is 0.757. The van der Waals surface area contributed by atoms with Crippen molar-refractivity contribution in [2.24, 2.45) is 5.73 Å². The maximum Gasteiger partial charge on any atom is 0.123 e. The molecule has 0 amide bonds. The molecule has 1 atom stereocenters. The second-order valence-corrected chi connectivity index (χ2v) is 4.18. The average molecular weight is 256 g/mol. The summed E-state index contributed by atoms with van der Waals surface area (Å²) in [6, 6.07) is 5.87. The van der Waals surface area contributed by atoms with Gasteiger partial charge in [-0.3, -0.25) is 4.90 Å². The van der Waals surface area contributed by atoms with Gasteiger partial charge in [0.15, 0.2) is 0 Å². The fourth-order valence-corrected chi connectivity index (χ4v) is 2.12. The Hall–Kier alpha value is -1.04. The van der Waals surface area contributed by atoms with E-state index in [1.165, 1.54) is 12.1 Å². The number of benzene rings is 1.